The molecule has 0 spiro atoms. The summed E-state index contributed by atoms with van der Waals surface area (Å²) in [7, 11) is 0. The third-order valence-corrected chi connectivity index (χ3v) is 7.82. The quantitative estimate of drug-likeness (QED) is 0.307. The number of halogens is 2. The second kappa shape index (κ2) is 11.6. The van der Waals surface area contributed by atoms with E-state index in [1.807, 2.05) is 24.3 Å². The van der Waals surface area contributed by atoms with Crippen LogP contribution in [-0.4, -0.2) is 99.6 Å². The molecule has 0 atom stereocenters. The van der Waals surface area contributed by atoms with Crippen molar-refractivity contribution in [2.24, 2.45) is 5.16 Å². The molecule has 2 saturated heterocycles. The number of ether oxygens (including phenoxy) is 4. The summed E-state index contributed by atoms with van der Waals surface area (Å²) in [5.74, 6) is 1.46. The predicted octanol–water partition coefficient (Wildman–Crippen LogP) is 3.84. The number of oxime groups is 1. The first-order chi connectivity index (χ1) is 17.1. The van der Waals surface area contributed by atoms with Gasteiger partial charge >= 0.3 is 0 Å². The van der Waals surface area contributed by atoms with Crippen LogP contribution < -0.4 is 9.47 Å². The molecular weight excluding hydrogens is 582 g/mol. The van der Waals surface area contributed by atoms with Crippen LogP contribution in [0.3, 0.4) is 0 Å². The number of hydrogen-bond acceptors (Lipinski definition) is 8. The average Bonchev–Trinajstić information content (AvgIpc) is 3.16. The van der Waals surface area contributed by atoms with E-state index in [1.54, 1.807) is 0 Å². The van der Waals surface area contributed by atoms with Gasteiger partial charge in [-0.1, -0.05) is 5.16 Å². The molecule has 1 N–H and O–H groups in total. The van der Waals surface area contributed by atoms with E-state index in [9.17, 15) is 5.21 Å². The minimum Gasteiger partial charge on any atom is -0.491 e. The summed E-state index contributed by atoms with van der Waals surface area (Å²) in [5.41, 5.74) is 4.17. The highest BCUT2D eigenvalue weighted by Gasteiger charge is 2.29. The average molecular weight is 611 g/mol. The highest BCUT2D eigenvalue weighted by atomic mass is 79.9. The molecule has 2 heterocycles. The first-order valence-electron chi connectivity index (χ1n) is 11.9. The van der Waals surface area contributed by atoms with Crippen molar-refractivity contribution in [1.29, 1.82) is 0 Å². The third-order valence-electron chi connectivity index (χ3n) is 6.58. The summed E-state index contributed by atoms with van der Waals surface area (Å²) < 4.78 is 24.8. The number of benzene rings is 2. The molecular formula is C25H29Br2N3O5. The first kappa shape index (κ1) is 25.0. The van der Waals surface area contributed by atoms with Crippen LogP contribution in [0, 0.1) is 0 Å². The molecule has 10 heteroatoms. The molecule has 0 amide bonds. The summed E-state index contributed by atoms with van der Waals surface area (Å²) in [6, 6.07) is 7.95. The Hall–Kier alpha value is -1.69. The lowest BCUT2D eigenvalue weighted by atomic mass is 10.1. The van der Waals surface area contributed by atoms with Crippen LogP contribution in [0.25, 0.3) is 11.1 Å². The lowest BCUT2D eigenvalue weighted by Gasteiger charge is -2.26. The third kappa shape index (κ3) is 5.68. The highest BCUT2D eigenvalue weighted by Crippen LogP contribution is 2.45. The van der Waals surface area contributed by atoms with Crippen molar-refractivity contribution in [2.45, 2.75) is 0 Å². The standard InChI is InChI=1S/C25H29Br2N3O5/c26-21-13-17-18-14-22(27)24(35-12-6-30-3-9-33-10-4-30)16-20(18)25(28-31)19(17)15-23(21)34-11-5-29-1-7-32-8-2-29/h13-16,31H,1-12H2. The molecule has 3 aliphatic rings. The minimum absolute atomic E-state index is 0.519. The number of morpholine rings is 2. The predicted molar refractivity (Wildman–Crippen MR) is 140 cm³/mol. The Balaban J connectivity index is 1.30. The van der Waals surface area contributed by atoms with Crippen molar-refractivity contribution in [3.63, 3.8) is 0 Å². The van der Waals surface area contributed by atoms with Crippen molar-refractivity contribution in [1.82, 2.24) is 9.80 Å². The number of fused-ring (bicyclic) bond motifs is 3. The van der Waals surface area contributed by atoms with Crippen LogP contribution in [0.2, 0.25) is 0 Å². The summed E-state index contributed by atoms with van der Waals surface area (Å²) in [6.07, 6.45) is 0. The lowest BCUT2D eigenvalue weighted by Crippen LogP contribution is -2.38. The molecule has 35 heavy (non-hydrogen) atoms. The Labute approximate surface area is 222 Å². The fourth-order valence-corrected chi connectivity index (χ4v) is 5.55. The van der Waals surface area contributed by atoms with Gasteiger partial charge in [0.1, 0.15) is 30.4 Å². The maximum absolute atomic E-state index is 9.92. The van der Waals surface area contributed by atoms with E-state index in [1.165, 1.54) is 0 Å². The first-order valence-corrected chi connectivity index (χ1v) is 13.5. The summed E-state index contributed by atoms with van der Waals surface area (Å²) in [5, 5.41) is 13.6. The molecule has 2 aliphatic heterocycles. The van der Waals surface area contributed by atoms with Gasteiger partial charge < -0.3 is 24.2 Å². The van der Waals surface area contributed by atoms with E-state index < -0.39 is 0 Å². The zero-order valence-corrected chi connectivity index (χ0v) is 22.6. The maximum Gasteiger partial charge on any atom is 0.134 e. The molecule has 0 saturated carbocycles. The van der Waals surface area contributed by atoms with Crippen LogP contribution in [-0.2, 0) is 9.47 Å². The fraction of sp³-hybridized carbons (Fsp3) is 0.480. The Kier molecular flexibility index (Phi) is 8.26. The van der Waals surface area contributed by atoms with Gasteiger partial charge in [0.05, 0.1) is 35.4 Å². The molecule has 2 aromatic rings. The molecule has 0 bridgehead atoms. The van der Waals surface area contributed by atoms with E-state index >= 15 is 0 Å². The Morgan fingerprint density at radius 3 is 1.54 bits per heavy atom. The van der Waals surface area contributed by atoms with E-state index in [2.05, 4.69) is 46.8 Å². The Morgan fingerprint density at radius 2 is 1.14 bits per heavy atom. The van der Waals surface area contributed by atoms with Crippen molar-refractivity contribution in [3.8, 4) is 22.6 Å². The SMILES string of the molecule is ON=C1c2cc(OCCN3CCOCC3)c(Br)cc2-c2cc(Br)c(OCCN3CCOCC3)cc21. The highest BCUT2D eigenvalue weighted by molar-refractivity contribution is 9.11. The van der Waals surface area contributed by atoms with Crippen molar-refractivity contribution in [2.75, 3.05) is 78.9 Å². The zero-order valence-electron chi connectivity index (χ0n) is 19.5. The Bertz CT molecular complexity index is 1000. The second-order valence-electron chi connectivity index (χ2n) is 8.71. The molecule has 5 rings (SSSR count). The van der Waals surface area contributed by atoms with Gasteiger partial charge in [0.25, 0.3) is 0 Å². The van der Waals surface area contributed by atoms with Gasteiger partial charge in [-0.05, 0) is 67.3 Å². The van der Waals surface area contributed by atoms with Gasteiger partial charge in [-0.25, -0.2) is 0 Å². The maximum atomic E-state index is 9.92. The van der Waals surface area contributed by atoms with Crippen LogP contribution in [0.1, 0.15) is 11.1 Å². The monoisotopic (exact) mass is 609 g/mol. The van der Waals surface area contributed by atoms with Crippen molar-refractivity contribution in [3.05, 3.63) is 44.3 Å². The summed E-state index contributed by atoms with van der Waals surface area (Å²) in [4.78, 5) is 4.67. The molecule has 8 nitrogen and oxygen atoms in total. The van der Waals surface area contributed by atoms with E-state index in [4.69, 9.17) is 18.9 Å². The van der Waals surface area contributed by atoms with E-state index in [0.29, 0.717) is 18.9 Å². The van der Waals surface area contributed by atoms with Crippen LogP contribution in [0.4, 0.5) is 0 Å². The molecule has 2 aromatic carbocycles. The van der Waals surface area contributed by atoms with Crippen molar-refractivity contribution < 1.29 is 24.2 Å². The summed E-state index contributed by atoms with van der Waals surface area (Å²) in [6.45, 7) is 9.61. The van der Waals surface area contributed by atoms with Gasteiger partial charge in [-0.3, -0.25) is 9.80 Å². The largest absolute Gasteiger partial charge is 0.491 e. The molecule has 0 aromatic heterocycles. The molecule has 188 valence electrons. The number of nitrogens with zero attached hydrogens (tertiary/aromatic N) is 3. The zero-order chi connectivity index (χ0) is 24.2. The number of hydrogen-bond donors (Lipinski definition) is 1. The van der Waals surface area contributed by atoms with Crippen LogP contribution in [0.15, 0.2) is 38.4 Å². The Morgan fingerprint density at radius 1 is 0.714 bits per heavy atom. The van der Waals surface area contributed by atoms with E-state index in [0.717, 1.165) is 108 Å². The van der Waals surface area contributed by atoms with Gasteiger partial charge in [0, 0.05) is 50.4 Å². The molecule has 0 radical (unpaired) electrons. The van der Waals surface area contributed by atoms with Crippen molar-refractivity contribution >= 4 is 37.6 Å². The van der Waals surface area contributed by atoms with Crippen LogP contribution in [0.5, 0.6) is 11.5 Å². The van der Waals surface area contributed by atoms with E-state index in [-0.39, 0.29) is 0 Å². The topological polar surface area (TPSA) is 76.0 Å². The second-order valence-corrected chi connectivity index (χ2v) is 10.4. The molecule has 0 unspecified atom stereocenters. The van der Waals surface area contributed by atoms with Gasteiger partial charge in [-0.15, -0.1) is 0 Å². The number of rotatable bonds is 8. The van der Waals surface area contributed by atoms with Crippen LogP contribution >= 0.6 is 31.9 Å². The molecule has 2 fully saturated rings. The normalized spacial score (nSPS) is 18.3. The lowest BCUT2D eigenvalue weighted by molar-refractivity contribution is 0.0321. The minimum atomic E-state index is 0.519. The van der Waals surface area contributed by atoms with Gasteiger partial charge in [0.15, 0.2) is 0 Å². The summed E-state index contributed by atoms with van der Waals surface area (Å²) >= 11 is 7.33. The van der Waals surface area contributed by atoms with Gasteiger partial charge in [0.2, 0.25) is 0 Å². The van der Waals surface area contributed by atoms with Gasteiger partial charge in [-0.2, -0.15) is 0 Å². The fourth-order valence-electron chi connectivity index (χ4n) is 4.64. The smallest absolute Gasteiger partial charge is 0.134 e. The molecule has 1 aliphatic carbocycles.